The van der Waals surface area contributed by atoms with Crippen molar-refractivity contribution < 1.29 is 4.74 Å². The Bertz CT molecular complexity index is 395. The third kappa shape index (κ3) is 3.01. The maximum absolute atomic E-state index is 11.4. The Morgan fingerprint density at radius 1 is 1.53 bits per heavy atom. The molecule has 0 spiro atoms. The van der Waals surface area contributed by atoms with Crippen molar-refractivity contribution in [3.63, 3.8) is 0 Å². The van der Waals surface area contributed by atoms with E-state index in [1.54, 1.807) is 13.3 Å². The van der Waals surface area contributed by atoms with Gasteiger partial charge in [-0.1, -0.05) is 20.8 Å². The Labute approximate surface area is 103 Å². The van der Waals surface area contributed by atoms with E-state index in [1.807, 2.05) is 43.4 Å². The van der Waals surface area contributed by atoms with E-state index in [4.69, 9.17) is 4.74 Å². The van der Waals surface area contributed by atoms with E-state index in [0.717, 1.165) is 0 Å². The van der Waals surface area contributed by atoms with Gasteiger partial charge in [0.05, 0.1) is 3.57 Å². The number of ether oxygens (including phenoxy) is 1. The van der Waals surface area contributed by atoms with Gasteiger partial charge < -0.3 is 9.72 Å². The third-order valence-electron chi connectivity index (χ3n) is 2.05. The van der Waals surface area contributed by atoms with Gasteiger partial charge >= 0.3 is 0 Å². The summed E-state index contributed by atoms with van der Waals surface area (Å²) in [6.45, 7) is 6.12. The van der Waals surface area contributed by atoms with Crippen molar-refractivity contribution in [2.24, 2.45) is 5.41 Å². The smallest absolute Gasteiger partial charge is 0.264 e. The molecule has 84 valence electrons. The maximum Gasteiger partial charge on any atom is 0.264 e. The number of aromatic amines is 1. The number of aromatic nitrogens is 2. The molecule has 0 bridgehead atoms. The molecule has 1 rings (SSSR count). The van der Waals surface area contributed by atoms with Crippen LogP contribution in [0.3, 0.4) is 0 Å². The van der Waals surface area contributed by atoms with Gasteiger partial charge in [0.25, 0.3) is 5.56 Å². The molecule has 0 saturated heterocycles. The number of hydrogen-bond acceptors (Lipinski definition) is 3. The second-order valence-corrected chi connectivity index (χ2v) is 5.59. The van der Waals surface area contributed by atoms with Crippen LogP contribution < -0.4 is 5.56 Å². The summed E-state index contributed by atoms with van der Waals surface area (Å²) in [5, 5.41) is 0. The lowest BCUT2D eigenvalue weighted by molar-refractivity contribution is 0.00844. The highest BCUT2D eigenvalue weighted by Gasteiger charge is 2.28. The van der Waals surface area contributed by atoms with Crippen molar-refractivity contribution in [3.05, 3.63) is 25.9 Å². The zero-order chi connectivity index (χ0) is 11.6. The summed E-state index contributed by atoms with van der Waals surface area (Å²) in [5.41, 5.74) is -0.218. The summed E-state index contributed by atoms with van der Waals surface area (Å²) in [7, 11) is 1.62. The van der Waals surface area contributed by atoms with Crippen molar-refractivity contribution in [1.82, 2.24) is 9.97 Å². The van der Waals surface area contributed by atoms with Crippen LogP contribution in [0.4, 0.5) is 0 Å². The van der Waals surface area contributed by atoms with E-state index in [-0.39, 0.29) is 17.1 Å². The van der Waals surface area contributed by atoms with Gasteiger partial charge in [-0.15, -0.1) is 0 Å². The van der Waals surface area contributed by atoms with Gasteiger partial charge in [0.15, 0.2) is 0 Å². The number of hydrogen-bond donors (Lipinski definition) is 1. The fraction of sp³-hybridized carbons (Fsp3) is 0.600. The lowest BCUT2D eigenvalue weighted by atomic mass is 9.88. The number of rotatable bonds is 2. The zero-order valence-electron chi connectivity index (χ0n) is 9.30. The second kappa shape index (κ2) is 4.61. The molecule has 4 nitrogen and oxygen atoms in total. The molecule has 1 unspecified atom stereocenters. The standard InChI is InChI=1S/C10H15IN2O2/c1-10(2,3)7(15-4)8-12-5-6(11)9(14)13-8/h5,7H,1-4H3,(H,12,13,14). The molecule has 1 N–H and O–H groups in total. The van der Waals surface area contributed by atoms with Gasteiger partial charge in [-0.2, -0.15) is 0 Å². The molecule has 1 aromatic rings. The molecular weight excluding hydrogens is 307 g/mol. The maximum atomic E-state index is 11.4. The first kappa shape index (κ1) is 12.6. The van der Waals surface area contributed by atoms with Gasteiger partial charge in [0, 0.05) is 13.3 Å². The molecule has 0 radical (unpaired) electrons. The minimum atomic E-state index is -0.206. The fourth-order valence-corrected chi connectivity index (χ4v) is 1.68. The highest BCUT2D eigenvalue weighted by atomic mass is 127. The predicted octanol–water partition coefficient (Wildman–Crippen LogP) is 2.11. The number of halogens is 1. The molecule has 0 aromatic carbocycles. The summed E-state index contributed by atoms with van der Waals surface area (Å²) in [4.78, 5) is 18.4. The molecule has 1 atom stereocenters. The highest BCUT2D eigenvalue weighted by molar-refractivity contribution is 14.1. The Morgan fingerprint density at radius 3 is 2.53 bits per heavy atom. The molecule has 0 aliphatic heterocycles. The first-order valence-electron chi connectivity index (χ1n) is 4.63. The van der Waals surface area contributed by atoms with Gasteiger partial charge in [-0.3, -0.25) is 4.79 Å². The Hall–Kier alpha value is -0.430. The van der Waals surface area contributed by atoms with E-state index in [0.29, 0.717) is 9.39 Å². The second-order valence-electron chi connectivity index (χ2n) is 4.43. The lowest BCUT2D eigenvalue weighted by Gasteiger charge is -2.28. The fourth-order valence-electron chi connectivity index (χ4n) is 1.40. The molecule has 1 heterocycles. The summed E-state index contributed by atoms with van der Waals surface area (Å²) in [6, 6.07) is 0. The minimum Gasteiger partial charge on any atom is -0.373 e. The van der Waals surface area contributed by atoms with Crippen LogP contribution >= 0.6 is 22.6 Å². The Morgan fingerprint density at radius 2 is 2.13 bits per heavy atom. The van der Waals surface area contributed by atoms with Crippen molar-refractivity contribution in [2.75, 3.05) is 7.11 Å². The molecule has 5 heteroatoms. The quantitative estimate of drug-likeness (QED) is 0.849. The molecule has 0 aliphatic carbocycles. The number of nitrogens with zero attached hydrogens (tertiary/aromatic N) is 1. The molecule has 0 aliphatic rings. The number of nitrogens with one attached hydrogen (secondary N) is 1. The van der Waals surface area contributed by atoms with Crippen LogP contribution in [0, 0.1) is 8.99 Å². The van der Waals surface area contributed by atoms with Crippen LogP contribution in [0.2, 0.25) is 0 Å². The molecule has 0 amide bonds. The first-order valence-corrected chi connectivity index (χ1v) is 5.71. The van der Waals surface area contributed by atoms with E-state index in [9.17, 15) is 4.79 Å². The molecule has 15 heavy (non-hydrogen) atoms. The Kier molecular flexibility index (Phi) is 3.88. The third-order valence-corrected chi connectivity index (χ3v) is 2.81. The average molecular weight is 322 g/mol. The van der Waals surface area contributed by atoms with Crippen LogP contribution in [-0.2, 0) is 4.74 Å². The zero-order valence-corrected chi connectivity index (χ0v) is 11.5. The largest absolute Gasteiger partial charge is 0.373 e. The van der Waals surface area contributed by atoms with Gasteiger partial charge in [-0.05, 0) is 28.0 Å². The van der Waals surface area contributed by atoms with Gasteiger partial charge in [0.2, 0.25) is 0 Å². The number of methoxy groups -OCH3 is 1. The SMILES string of the molecule is COC(c1ncc(I)c(=O)[nH]1)C(C)(C)C. The van der Waals surface area contributed by atoms with Crippen LogP contribution in [0.5, 0.6) is 0 Å². The normalized spacial score (nSPS) is 13.9. The van der Waals surface area contributed by atoms with Gasteiger partial charge in [0.1, 0.15) is 11.9 Å². The number of H-pyrrole nitrogens is 1. The van der Waals surface area contributed by atoms with Crippen molar-refractivity contribution in [1.29, 1.82) is 0 Å². The van der Waals surface area contributed by atoms with Crippen LogP contribution in [0.1, 0.15) is 32.7 Å². The predicted molar refractivity (Wildman–Crippen MR) is 66.8 cm³/mol. The average Bonchev–Trinajstić information content (AvgIpc) is 2.10. The van der Waals surface area contributed by atoms with Crippen molar-refractivity contribution in [3.8, 4) is 0 Å². The van der Waals surface area contributed by atoms with E-state index < -0.39 is 0 Å². The van der Waals surface area contributed by atoms with Crippen LogP contribution in [-0.4, -0.2) is 17.1 Å². The summed E-state index contributed by atoms with van der Waals surface area (Å²) in [5.74, 6) is 0.579. The highest BCUT2D eigenvalue weighted by Crippen LogP contribution is 2.32. The van der Waals surface area contributed by atoms with Crippen LogP contribution in [0.15, 0.2) is 11.0 Å². The topological polar surface area (TPSA) is 55.0 Å². The van der Waals surface area contributed by atoms with Crippen molar-refractivity contribution >= 4 is 22.6 Å². The van der Waals surface area contributed by atoms with Crippen LogP contribution in [0.25, 0.3) is 0 Å². The lowest BCUT2D eigenvalue weighted by Crippen LogP contribution is -2.25. The monoisotopic (exact) mass is 322 g/mol. The van der Waals surface area contributed by atoms with E-state index in [1.165, 1.54) is 0 Å². The molecular formula is C10H15IN2O2. The first-order chi connectivity index (χ1) is 6.86. The summed E-state index contributed by atoms with van der Waals surface area (Å²) < 4.78 is 5.94. The minimum absolute atomic E-state index is 0.0997. The summed E-state index contributed by atoms with van der Waals surface area (Å²) >= 11 is 1.95. The van der Waals surface area contributed by atoms with E-state index >= 15 is 0 Å². The van der Waals surface area contributed by atoms with Gasteiger partial charge in [-0.25, -0.2) is 4.98 Å². The van der Waals surface area contributed by atoms with Crippen molar-refractivity contribution in [2.45, 2.75) is 26.9 Å². The van der Waals surface area contributed by atoms with E-state index in [2.05, 4.69) is 9.97 Å². The molecule has 0 fully saturated rings. The molecule has 0 saturated carbocycles. The summed E-state index contributed by atoms with van der Waals surface area (Å²) in [6.07, 6.45) is 1.36. The molecule has 1 aromatic heterocycles. The Balaban J connectivity index is 3.14.